The van der Waals surface area contributed by atoms with Gasteiger partial charge in [-0.3, -0.25) is 34.5 Å². The van der Waals surface area contributed by atoms with E-state index in [2.05, 4.69) is 4.18 Å². The highest BCUT2D eigenvalue weighted by Gasteiger charge is 2.38. The van der Waals surface area contributed by atoms with E-state index < -0.39 is 46.8 Å². The van der Waals surface area contributed by atoms with Gasteiger partial charge in [-0.25, -0.2) is 0 Å². The summed E-state index contributed by atoms with van der Waals surface area (Å²) in [6.45, 7) is 0. The molecule has 0 atom stereocenters. The number of nitro groups is 3. The number of rotatable bonds is 5. The third-order valence-electron chi connectivity index (χ3n) is 2.11. The average Bonchev–Trinajstić information content (AvgIpc) is 2.36. The zero-order chi connectivity index (χ0) is 15.7. The molecule has 0 amide bonds. The topological polar surface area (TPSA) is 173 Å². The van der Waals surface area contributed by atoms with Gasteiger partial charge in [-0.05, 0) is 0 Å². The lowest BCUT2D eigenvalue weighted by molar-refractivity contribution is -0.407. The van der Waals surface area contributed by atoms with Crippen molar-refractivity contribution < 1.29 is 27.4 Å². The Morgan fingerprint density at radius 3 is 1.60 bits per heavy atom. The number of benzene rings is 1. The van der Waals surface area contributed by atoms with Crippen molar-refractivity contribution in [2.75, 3.05) is 7.11 Å². The molecule has 0 aliphatic rings. The van der Waals surface area contributed by atoms with Gasteiger partial charge in [0, 0.05) is 0 Å². The van der Waals surface area contributed by atoms with Crippen molar-refractivity contribution >= 4 is 27.2 Å². The lowest BCUT2D eigenvalue weighted by atomic mass is 10.2. The van der Waals surface area contributed by atoms with Gasteiger partial charge in [0.1, 0.15) is 0 Å². The van der Waals surface area contributed by atoms with Crippen LogP contribution in [0.2, 0.25) is 0 Å². The Hall–Kier alpha value is -2.67. The molecule has 1 aromatic rings. The molecule has 0 bridgehead atoms. The van der Waals surface area contributed by atoms with Crippen LogP contribution in [0.1, 0.15) is 0 Å². The minimum atomic E-state index is -4.80. The fourth-order valence-corrected chi connectivity index (χ4v) is 2.25. The second-order valence-corrected chi connectivity index (χ2v) is 4.86. The van der Waals surface area contributed by atoms with Crippen molar-refractivity contribution in [2.45, 2.75) is 4.90 Å². The molecule has 0 saturated carbocycles. The van der Waals surface area contributed by atoms with E-state index in [1.54, 1.807) is 0 Å². The Kier molecular flexibility index (Phi) is 3.95. The quantitative estimate of drug-likeness (QED) is 0.431. The van der Waals surface area contributed by atoms with Crippen LogP contribution in [0.4, 0.5) is 17.1 Å². The molecule has 13 heteroatoms. The third-order valence-corrected chi connectivity index (χ3v) is 3.47. The van der Waals surface area contributed by atoms with Crippen LogP contribution in [-0.2, 0) is 14.3 Å². The highest BCUT2D eigenvalue weighted by Crippen LogP contribution is 2.37. The zero-order valence-electron chi connectivity index (χ0n) is 9.58. The Bertz CT molecular complexity index is 675. The van der Waals surface area contributed by atoms with Crippen LogP contribution >= 0.6 is 0 Å². The maximum Gasteiger partial charge on any atom is 0.310 e. The van der Waals surface area contributed by atoms with Crippen molar-refractivity contribution in [1.29, 1.82) is 0 Å². The molecule has 12 nitrogen and oxygen atoms in total. The first-order valence-corrected chi connectivity index (χ1v) is 5.94. The van der Waals surface area contributed by atoms with Crippen molar-refractivity contribution in [2.24, 2.45) is 0 Å². The highest BCUT2D eigenvalue weighted by molar-refractivity contribution is 7.87. The monoisotopic (exact) mass is 307 g/mol. The summed E-state index contributed by atoms with van der Waals surface area (Å²) in [5, 5.41) is 32.1. The molecule has 0 fully saturated rings. The molecule has 1 aromatic carbocycles. The fraction of sp³-hybridized carbons (Fsp3) is 0.143. The van der Waals surface area contributed by atoms with E-state index in [-0.39, 0.29) is 0 Å². The van der Waals surface area contributed by atoms with Gasteiger partial charge in [-0.1, -0.05) is 0 Å². The van der Waals surface area contributed by atoms with Gasteiger partial charge in [-0.15, -0.1) is 0 Å². The predicted molar refractivity (Wildman–Crippen MR) is 60.6 cm³/mol. The Morgan fingerprint density at radius 1 is 0.950 bits per heavy atom. The zero-order valence-corrected chi connectivity index (χ0v) is 10.4. The number of hydrogen-bond acceptors (Lipinski definition) is 9. The van der Waals surface area contributed by atoms with Crippen LogP contribution in [0.5, 0.6) is 0 Å². The molecule has 0 radical (unpaired) electrons. The first-order valence-electron chi connectivity index (χ1n) is 4.53. The SMILES string of the molecule is COS(=O)(=O)c1c([N+](=O)[O-])cc([N+](=O)[O-])cc1[N+](=O)[O-]. The predicted octanol–water partition coefficient (Wildman–Crippen LogP) is 0.746. The van der Waals surface area contributed by atoms with E-state index in [1.165, 1.54) is 0 Å². The number of non-ortho nitro benzene ring substituents is 1. The molecule has 1 rings (SSSR count). The first-order chi connectivity index (χ1) is 9.11. The van der Waals surface area contributed by atoms with Crippen molar-refractivity contribution in [3.63, 3.8) is 0 Å². The normalized spacial score (nSPS) is 11.1. The largest absolute Gasteiger partial charge is 0.310 e. The number of hydrogen-bond donors (Lipinski definition) is 0. The Labute approximate surface area is 110 Å². The van der Waals surface area contributed by atoms with Gasteiger partial charge >= 0.3 is 21.5 Å². The van der Waals surface area contributed by atoms with Gasteiger partial charge in [0.05, 0.1) is 34.0 Å². The summed E-state index contributed by atoms with van der Waals surface area (Å²) in [7, 11) is -4.15. The molecule has 0 aliphatic carbocycles. The van der Waals surface area contributed by atoms with Crippen molar-refractivity contribution in [1.82, 2.24) is 0 Å². The van der Waals surface area contributed by atoms with Gasteiger partial charge in [-0.2, -0.15) is 8.42 Å². The van der Waals surface area contributed by atoms with Gasteiger partial charge in [0.25, 0.3) is 5.69 Å². The molecular formula is C7H5N3O9S. The summed E-state index contributed by atoms with van der Waals surface area (Å²) in [5.41, 5.74) is -3.61. The number of nitrogens with zero attached hydrogens (tertiary/aromatic N) is 3. The summed E-state index contributed by atoms with van der Waals surface area (Å²) < 4.78 is 27.1. The van der Waals surface area contributed by atoms with Crippen molar-refractivity contribution in [3.05, 3.63) is 42.5 Å². The molecule has 0 unspecified atom stereocenters. The van der Waals surface area contributed by atoms with Crippen LogP contribution in [0, 0.1) is 30.3 Å². The van der Waals surface area contributed by atoms with Crippen LogP contribution in [0.15, 0.2) is 17.0 Å². The van der Waals surface area contributed by atoms with Gasteiger partial charge < -0.3 is 0 Å². The summed E-state index contributed by atoms with van der Waals surface area (Å²) in [4.78, 5) is 27.1. The first kappa shape index (κ1) is 15.4. The lowest BCUT2D eigenvalue weighted by Crippen LogP contribution is -2.10. The van der Waals surface area contributed by atoms with Gasteiger partial charge in [0.2, 0.25) is 4.90 Å². The van der Waals surface area contributed by atoms with Gasteiger partial charge in [0.15, 0.2) is 0 Å². The fourth-order valence-electron chi connectivity index (χ4n) is 1.30. The Morgan fingerprint density at radius 2 is 1.35 bits per heavy atom. The van der Waals surface area contributed by atoms with Crippen molar-refractivity contribution in [3.8, 4) is 0 Å². The van der Waals surface area contributed by atoms with Crippen LogP contribution in [0.3, 0.4) is 0 Å². The number of nitro benzene ring substituents is 3. The molecule has 0 saturated heterocycles. The highest BCUT2D eigenvalue weighted by atomic mass is 32.2. The third kappa shape index (κ3) is 2.67. The molecule has 0 aromatic heterocycles. The molecule has 20 heavy (non-hydrogen) atoms. The standard InChI is InChI=1S/C7H5N3O9S/c1-19-20(17,18)7-5(9(13)14)2-4(8(11)12)3-6(7)10(15)16/h2-3H,1H3. The minimum absolute atomic E-state index is 0.304. The lowest BCUT2D eigenvalue weighted by Gasteiger charge is -2.04. The van der Waals surface area contributed by atoms with Crippen LogP contribution in [-0.4, -0.2) is 30.3 Å². The second kappa shape index (κ2) is 5.14. The molecule has 108 valence electrons. The van der Waals surface area contributed by atoms with E-state index in [0.29, 0.717) is 19.2 Å². The maximum atomic E-state index is 11.5. The summed E-state index contributed by atoms with van der Waals surface area (Å²) in [6.07, 6.45) is 0. The van der Waals surface area contributed by atoms with E-state index in [9.17, 15) is 38.8 Å². The average molecular weight is 307 g/mol. The van der Waals surface area contributed by atoms with Crippen LogP contribution < -0.4 is 0 Å². The second-order valence-electron chi connectivity index (χ2n) is 3.21. The smallest absolute Gasteiger partial charge is 0.269 e. The summed E-state index contributed by atoms with van der Waals surface area (Å²) in [5.74, 6) is 0. The molecule has 0 aliphatic heterocycles. The summed E-state index contributed by atoms with van der Waals surface area (Å²) >= 11 is 0. The minimum Gasteiger partial charge on any atom is -0.269 e. The molecule has 0 spiro atoms. The molecule has 0 heterocycles. The summed E-state index contributed by atoms with van der Waals surface area (Å²) in [6, 6.07) is 0.609. The van der Waals surface area contributed by atoms with E-state index in [4.69, 9.17) is 0 Å². The van der Waals surface area contributed by atoms with Crippen LogP contribution in [0.25, 0.3) is 0 Å². The van der Waals surface area contributed by atoms with E-state index in [0.717, 1.165) is 0 Å². The van der Waals surface area contributed by atoms with E-state index >= 15 is 0 Å². The Balaban J connectivity index is 3.93. The molecular weight excluding hydrogens is 302 g/mol. The van der Waals surface area contributed by atoms with E-state index in [1.807, 2.05) is 0 Å². The maximum absolute atomic E-state index is 11.5. The molecule has 0 N–H and O–H groups in total.